The highest BCUT2D eigenvalue weighted by atomic mass is 16.7. The quantitative estimate of drug-likeness (QED) is 0.854. The van der Waals surface area contributed by atoms with Crippen molar-refractivity contribution in [2.24, 2.45) is 5.73 Å². The molecule has 1 aromatic carbocycles. The Labute approximate surface area is 112 Å². The second-order valence-electron chi connectivity index (χ2n) is 5.36. The predicted molar refractivity (Wildman–Crippen MR) is 73.9 cm³/mol. The smallest absolute Gasteiger partial charge is 0.205 e. The van der Waals surface area contributed by atoms with E-state index in [1.165, 1.54) is 0 Å². The molecule has 1 aliphatic rings. The van der Waals surface area contributed by atoms with Crippen molar-refractivity contribution in [1.82, 2.24) is 4.98 Å². The zero-order valence-electron chi connectivity index (χ0n) is 11.5. The minimum Gasteiger partial charge on any atom is -0.463 e. The van der Waals surface area contributed by atoms with E-state index in [1.54, 1.807) is 0 Å². The Kier molecular flexibility index (Phi) is 2.73. The fourth-order valence-corrected chi connectivity index (χ4v) is 2.49. The number of aryl methyl sites for hydroxylation is 1. The van der Waals surface area contributed by atoms with E-state index in [9.17, 15) is 0 Å². The number of hydrogen-bond acceptors (Lipinski definition) is 4. The van der Waals surface area contributed by atoms with Crippen LogP contribution in [0.2, 0.25) is 0 Å². The van der Waals surface area contributed by atoms with Crippen molar-refractivity contribution in [3.8, 4) is 5.75 Å². The Morgan fingerprint density at radius 2 is 2.16 bits per heavy atom. The standard InChI is InChI=1S/C15H18N2O2/c1-9-6-10(7-16)11-4-5-13-12(14(11)17-9)8-18-15(2,3)19-13/h4-6H,7-8,16H2,1-3H3. The van der Waals surface area contributed by atoms with E-state index in [4.69, 9.17) is 15.2 Å². The van der Waals surface area contributed by atoms with Gasteiger partial charge < -0.3 is 15.2 Å². The van der Waals surface area contributed by atoms with Crippen LogP contribution in [0.3, 0.4) is 0 Å². The summed E-state index contributed by atoms with van der Waals surface area (Å²) in [6.45, 7) is 6.82. The highest BCUT2D eigenvalue weighted by Crippen LogP contribution is 2.36. The van der Waals surface area contributed by atoms with Crippen molar-refractivity contribution in [3.05, 3.63) is 35.0 Å². The minimum atomic E-state index is -0.582. The number of fused-ring (bicyclic) bond motifs is 3. The molecule has 4 nitrogen and oxygen atoms in total. The minimum absolute atomic E-state index is 0.506. The monoisotopic (exact) mass is 258 g/mol. The zero-order chi connectivity index (χ0) is 13.6. The summed E-state index contributed by atoms with van der Waals surface area (Å²) in [5.74, 6) is 0.270. The number of nitrogens with zero attached hydrogens (tertiary/aromatic N) is 1. The average molecular weight is 258 g/mol. The predicted octanol–water partition coefficient (Wildman–Crippen LogP) is 2.65. The van der Waals surface area contributed by atoms with Crippen LogP contribution < -0.4 is 10.5 Å². The van der Waals surface area contributed by atoms with Gasteiger partial charge in [0, 0.05) is 37.0 Å². The van der Waals surface area contributed by atoms with E-state index in [0.29, 0.717) is 13.2 Å². The van der Waals surface area contributed by atoms with Crippen molar-refractivity contribution in [2.45, 2.75) is 39.7 Å². The molecule has 0 atom stereocenters. The Morgan fingerprint density at radius 1 is 1.37 bits per heavy atom. The van der Waals surface area contributed by atoms with Gasteiger partial charge in [-0.1, -0.05) is 0 Å². The molecular formula is C15H18N2O2. The first-order chi connectivity index (χ1) is 9.00. The van der Waals surface area contributed by atoms with E-state index in [-0.39, 0.29) is 0 Å². The van der Waals surface area contributed by atoms with Gasteiger partial charge in [-0.25, -0.2) is 0 Å². The largest absolute Gasteiger partial charge is 0.463 e. The highest BCUT2D eigenvalue weighted by Gasteiger charge is 2.29. The SMILES string of the molecule is Cc1cc(CN)c2ccc3c(c2n1)COC(C)(C)O3. The lowest BCUT2D eigenvalue weighted by Gasteiger charge is -2.33. The van der Waals surface area contributed by atoms with Gasteiger partial charge in [0.1, 0.15) is 5.75 Å². The molecule has 1 aliphatic heterocycles. The van der Waals surface area contributed by atoms with Crippen LogP contribution >= 0.6 is 0 Å². The molecule has 0 fully saturated rings. The summed E-state index contributed by atoms with van der Waals surface area (Å²) in [4.78, 5) is 4.63. The maximum absolute atomic E-state index is 5.85. The maximum atomic E-state index is 5.85. The fraction of sp³-hybridized carbons (Fsp3) is 0.400. The molecule has 2 aromatic rings. The molecule has 0 spiro atoms. The number of pyridine rings is 1. The molecule has 2 heterocycles. The van der Waals surface area contributed by atoms with Crippen molar-refractivity contribution < 1.29 is 9.47 Å². The second-order valence-corrected chi connectivity index (χ2v) is 5.36. The molecule has 0 unspecified atom stereocenters. The highest BCUT2D eigenvalue weighted by molar-refractivity contribution is 5.87. The van der Waals surface area contributed by atoms with Crippen LogP contribution in [0.15, 0.2) is 18.2 Å². The van der Waals surface area contributed by atoms with E-state index in [0.717, 1.165) is 33.5 Å². The molecule has 0 radical (unpaired) electrons. The normalized spacial score (nSPS) is 17.1. The zero-order valence-corrected chi connectivity index (χ0v) is 11.5. The van der Waals surface area contributed by atoms with Crippen LogP contribution in [0.25, 0.3) is 10.9 Å². The summed E-state index contributed by atoms with van der Waals surface area (Å²) in [5.41, 5.74) is 9.83. The number of ether oxygens (including phenoxy) is 2. The third-order valence-electron chi connectivity index (χ3n) is 3.40. The molecule has 0 saturated carbocycles. The molecule has 2 N–H and O–H groups in total. The van der Waals surface area contributed by atoms with Crippen molar-refractivity contribution in [1.29, 1.82) is 0 Å². The average Bonchev–Trinajstić information content (AvgIpc) is 2.35. The van der Waals surface area contributed by atoms with Crippen LogP contribution in [0, 0.1) is 6.92 Å². The van der Waals surface area contributed by atoms with Crippen LogP contribution in [0.5, 0.6) is 5.75 Å². The number of hydrogen-bond donors (Lipinski definition) is 1. The van der Waals surface area contributed by atoms with Gasteiger partial charge in [-0.05, 0) is 30.7 Å². The van der Waals surface area contributed by atoms with E-state index < -0.39 is 5.79 Å². The first-order valence-electron chi connectivity index (χ1n) is 6.45. The number of benzene rings is 1. The lowest BCUT2D eigenvalue weighted by Crippen LogP contribution is -2.35. The molecule has 1 aromatic heterocycles. The summed E-state index contributed by atoms with van der Waals surface area (Å²) in [5, 5.41) is 1.08. The lowest BCUT2D eigenvalue weighted by atomic mass is 10.0. The molecular weight excluding hydrogens is 240 g/mol. The molecule has 4 heteroatoms. The van der Waals surface area contributed by atoms with Crippen LogP contribution in [-0.4, -0.2) is 10.8 Å². The second kappa shape index (κ2) is 4.18. The third kappa shape index (κ3) is 2.07. The molecule has 19 heavy (non-hydrogen) atoms. The molecule has 0 bridgehead atoms. The number of aromatic nitrogens is 1. The topological polar surface area (TPSA) is 57.4 Å². The third-order valence-corrected chi connectivity index (χ3v) is 3.40. The summed E-state index contributed by atoms with van der Waals surface area (Å²) in [6, 6.07) is 6.05. The molecule has 0 aliphatic carbocycles. The summed E-state index contributed by atoms with van der Waals surface area (Å²) in [6.07, 6.45) is 0. The Morgan fingerprint density at radius 3 is 2.89 bits per heavy atom. The first-order valence-corrected chi connectivity index (χ1v) is 6.45. The summed E-state index contributed by atoms with van der Waals surface area (Å²) in [7, 11) is 0. The molecule has 100 valence electrons. The van der Waals surface area contributed by atoms with Crippen LogP contribution in [-0.2, 0) is 17.9 Å². The van der Waals surface area contributed by atoms with Gasteiger partial charge in [-0.2, -0.15) is 0 Å². The molecule has 0 saturated heterocycles. The fourth-order valence-electron chi connectivity index (χ4n) is 2.49. The lowest BCUT2D eigenvalue weighted by molar-refractivity contribution is -0.179. The van der Waals surface area contributed by atoms with Gasteiger partial charge in [0.25, 0.3) is 0 Å². The maximum Gasteiger partial charge on any atom is 0.205 e. The van der Waals surface area contributed by atoms with E-state index >= 15 is 0 Å². The van der Waals surface area contributed by atoms with Crippen molar-refractivity contribution in [3.63, 3.8) is 0 Å². The van der Waals surface area contributed by atoms with Gasteiger partial charge >= 0.3 is 0 Å². The van der Waals surface area contributed by atoms with Gasteiger partial charge in [0.05, 0.1) is 12.1 Å². The van der Waals surface area contributed by atoms with E-state index in [2.05, 4.69) is 4.98 Å². The Bertz CT molecular complexity index is 650. The van der Waals surface area contributed by atoms with Gasteiger partial charge in [-0.15, -0.1) is 0 Å². The van der Waals surface area contributed by atoms with Crippen LogP contribution in [0.4, 0.5) is 0 Å². The van der Waals surface area contributed by atoms with Crippen molar-refractivity contribution >= 4 is 10.9 Å². The Hall–Kier alpha value is -1.65. The van der Waals surface area contributed by atoms with Gasteiger partial charge in [0.15, 0.2) is 0 Å². The summed E-state index contributed by atoms with van der Waals surface area (Å²) < 4.78 is 11.6. The molecule has 3 rings (SSSR count). The number of rotatable bonds is 1. The van der Waals surface area contributed by atoms with Gasteiger partial charge in [-0.3, -0.25) is 4.98 Å². The van der Waals surface area contributed by atoms with Crippen molar-refractivity contribution in [2.75, 3.05) is 0 Å². The summed E-state index contributed by atoms with van der Waals surface area (Å²) >= 11 is 0. The van der Waals surface area contributed by atoms with Gasteiger partial charge in [0.2, 0.25) is 5.79 Å². The van der Waals surface area contributed by atoms with E-state index in [1.807, 2.05) is 39.0 Å². The number of nitrogens with two attached hydrogens (primary N) is 1. The van der Waals surface area contributed by atoms with Crippen LogP contribution in [0.1, 0.15) is 30.7 Å². The Balaban J connectivity index is 2.26. The molecule has 0 amide bonds. The first kappa shape index (κ1) is 12.4.